The van der Waals surface area contributed by atoms with Gasteiger partial charge in [-0.2, -0.15) is 9.78 Å². The third-order valence-electron chi connectivity index (χ3n) is 3.31. The van der Waals surface area contributed by atoms with Gasteiger partial charge in [-0.25, -0.2) is 19.7 Å². The zero-order chi connectivity index (χ0) is 18.7. The van der Waals surface area contributed by atoms with Crippen molar-refractivity contribution in [3.05, 3.63) is 57.8 Å². The second-order valence-corrected chi connectivity index (χ2v) is 6.37. The summed E-state index contributed by atoms with van der Waals surface area (Å²) in [5.41, 5.74) is 0.332. The maximum Gasteiger partial charge on any atom is 0.319 e. The van der Waals surface area contributed by atoms with Gasteiger partial charge in [0.1, 0.15) is 6.33 Å². The normalized spacial score (nSPS) is 11.8. The minimum absolute atomic E-state index is 0.267. The SMILES string of the molecule is CC(NC(=O)Nc1cc(Cl)c(Cl)cc1Cl)c1ncnn1-c1ncccn1. The average Bonchev–Trinajstić information content (AvgIpc) is 3.10. The number of carbonyl (C=O) groups is 1. The Hall–Kier alpha value is -2.42. The van der Waals surface area contributed by atoms with Crippen molar-refractivity contribution in [1.82, 2.24) is 30.0 Å². The van der Waals surface area contributed by atoms with Crippen molar-refractivity contribution in [2.45, 2.75) is 13.0 Å². The Morgan fingerprint density at radius 2 is 1.77 bits per heavy atom. The Morgan fingerprint density at radius 1 is 1.08 bits per heavy atom. The van der Waals surface area contributed by atoms with Crippen molar-refractivity contribution >= 4 is 46.5 Å². The lowest BCUT2D eigenvalue weighted by Gasteiger charge is -2.15. The summed E-state index contributed by atoms with van der Waals surface area (Å²) in [5.74, 6) is 0.813. The van der Waals surface area contributed by atoms with E-state index in [1.54, 1.807) is 25.4 Å². The molecule has 0 saturated heterocycles. The number of urea groups is 1. The van der Waals surface area contributed by atoms with E-state index in [2.05, 4.69) is 30.7 Å². The summed E-state index contributed by atoms with van der Waals surface area (Å²) in [6.07, 6.45) is 4.54. The van der Waals surface area contributed by atoms with Gasteiger partial charge >= 0.3 is 6.03 Å². The van der Waals surface area contributed by atoms with Crippen molar-refractivity contribution in [2.24, 2.45) is 0 Å². The van der Waals surface area contributed by atoms with Gasteiger partial charge in [0.25, 0.3) is 5.95 Å². The molecule has 0 saturated carbocycles. The third-order valence-corrected chi connectivity index (χ3v) is 4.34. The van der Waals surface area contributed by atoms with Crippen LogP contribution in [0, 0.1) is 0 Å². The number of halogens is 3. The highest BCUT2D eigenvalue weighted by atomic mass is 35.5. The summed E-state index contributed by atoms with van der Waals surface area (Å²) in [6, 6.07) is 3.63. The van der Waals surface area contributed by atoms with Crippen LogP contribution < -0.4 is 10.6 Å². The number of hydrogen-bond acceptors (Lipinski definition) is 5. The third kappa shape index (κ3) is 4.04. The maximum atomic E-state index is 12.3. The average molecular weight is 413 g/mol. The molecule has 0 spiro atoms. The molecular formula is C15H12Cl3N7O. The molecule has 0 fully saturated rings. The Bertz CT molecular complexity index is 932. The Kier molecular flexibility index (Phi) is 5.55. The van der Waals surface area contributed by atoms with Gasteiger partial charge in [0, 0.05) is 12.4 Å². The molecule has 2 aromatic heterocycles. The number of aromatic nitrogens is 5. The van der Waals surface area contributed by atoms with E-state index in [4.69, 9.17) is 34.8 Å². The van der Waals surface area contributed by atoms with Crippen LogP contribution >= 0.6 is 34.8 Å². The number of nitrogens with zero attached hydrogens (tertiary/aromatic N) is 5. The lowest BCUT2D eigenvalue weighted by molar-refractivity contribution is 0.248. The first kappa shape index (κ1) is 18.4. The summed E-state index contributed by atoms with van der Waals surface area (Å²) >= 11 is 17.9. The molecule has 3 rings (SSSR count). The number of rotatable bonds is 4. The molecule has 0 bridgehead atoms. The molecule has 2 N–H and O–H groups in total. The summed E-state index contributed by atoms with van der Waals surface area (Å²) in [6.45, 7) is 1.75. The van der Waals surface area contributed by atoms with Gasteiger partial charge in [0.05, 0.1) is 26.8 Å². The van der Waals surface area contributed by atoms with Gasteiger partial charge in [-0.1, -0.05) is 34.8 Å². The van der Waals surface area contributed by atoms with Crippen LogP contribution in [-0.4, -0.2) is 30.8 Å². The predicted molar refractivity (Wildman–Crippen MR) is 99.0 cm³/mol. The molecule has 26 heavy (non-hydrogen) atoms. The molecule has 1 unspecified atom stereocenters. The van der Waals surface area contributed by atoms with E-state index in [1.807, 2.05) is 0 Å². The van der Waals surface area contributed by atoms with Crippen LogP contribution in [0.3, 0.4) is 0 Å². The van der Waals surface area contributed by atoms with Gasteiger partial charge in [0.2, 0.25) is 0 Å². The van der Waals surface area contributed by atoms with Crippen molar-refractivity contribution in [1.29, 1.82) is 0 Å². The molecular weight excluding hydrogens is 401 g/mol. The van der Waals surface area contributed by atoms with E-state index >= 15 is 0 Å². The number of hydrogen-bond donors (Lipinski definition) is 2. The molecule has 11 heteroatoms. The standard InChI is InChI=1S/C15H12Cl3N7O/c1-8(13-21-7-22-25(13)14-19-3-2-4-20-14)23-15(26)24-12-6-10(17)9(16)5-11(12)18/h2-8H,1H3,(H2,23,24,26). The molecule has 0 aliphatic heterocycles. The number of carbonyl (C=O) groups excluding carboxylic acids is 1. The summed E-state index contributed by atoms with van der Waals surface area (Å²) in [4.78, 5) is 24.7. The van der Waals surface area contributed by atoms with Crippen LogP contribution in [-0.2, 0) is 0 Å². The van der Waals surface area contributed by atoms with Crippen molar-refractivity contribution in [3.63, 3.8) is 0 Å². The van der Waals surface area contributed by atoms with Crippen LogP contribution in [0.5, 0.6) is 0 Å². The highest BCUT2D eigenvalue weighted by Gasteiger charge is 2.18. The van der Waals surface area contributed by atoms with E-state index in [0.29, 0.717) is 22.5 Å². The minimum atomic E-state index is -0.499. The molecule has 2 heterocycles. The van der Waals surface area contributed by atoms with Crippen LogP contribution in [0.2, 0.25) is 15.1 Å². The first-order valence-corrected chi connectivity index (χ1v) is 8.48. The zero-order valence-electron chi connectivity index (χ0n) is 13.3. The van der Waals surface area contributed by atoms with Crippen LogP contribution in [0.15, 0.2) is 36.9 Å². The minimum Gasteiger partial charge on any atom is -0.328 e. The second kappa shape index (κ2) is 7.86. The number of anilines is 1. The van der Waals surface area contributed by atoms with E-state index in [1.165, 1.54) is 23.1 Å². The van der Waals surface area contributed by atoms with E-state index in [9.17, 15) is 4.79 Å². The van der Waals surface area contributed by atoms with Gasteiger partial charge in [0.15, 0.2) is 5.82 Å². The number of benzene rings is 1. The fraction of sp³-hybridized carbons (Fsp3) is 0.133. The highest BCUT2D eigenvalue weighted by molar-refractivity contribution is 6.44. The van der Waals surface area contributed by atoms with Gasteiger partial charge < -0.3 is 10.6 Å². The Morgan fingerprint density at radius 3 is 2.50 bits per heavy atom. The first-order valence-electron chi connectivity index (χ1n) is 7.35. The van der Waals surface area contributed by atoms with Gasteiger partial charge in [-0.3, -0.25) is 0 Å². The maximum absolute atomic E-state index is 12.3. The molecule has 3 aromatic rings. The summed E-state index contributed by atoms with van der Waals surface area (Å²) < 4.78 is 1.44. The quantitative estimate of drug-likeness (QED) is 0.633. The molecule has 0 aliphatic carbocycles. The zero-order valence-corrected chi connectivity index (χ0v) is 15.6. The molecule has 1 atom stereocenters. The van der Waals surface area contributed by atoms with E-state index in [0.717, 1.165) is 0 Å². The highest BCUT2D eigenvalue weighted by Crippen LogP contribution is 2.32. The predicted octanol–water partition coefficient (Wildman–Crippen LogP) is 3.90. The molecule has 2 amide bonds. The Balaban J connectivity index is 1.73. The summed E-state index contributed by atoms with van der Waals surface area (Å²) in [7, 11) is 0. The second-order valence-electron chi connectivity index (χ2n) is 5.15. The fourth-order valence-electron chi connectivity index (χ4n) is 2.14. The van der Waals surface area contributed by atoms with Crippen LogP contribution in [0.4, 0.5) is 10.5 Å². The van der Waals surface area contributed by atoms with Gasteiger partial charge in [-0.15, -0.1) is 0 Å². The van der Waals surface area contributed by atoms with Crippen LogP contribution in [0.1, 0.15) is 18.8 Å². The van der Waals surface area contributed by atoms with E-state index in [-0.39, 0.29) is 10.0 Å². The molecule has 8 nitrogen and oxygen atoms in total. The van der Waals surface area contributed by atoms with Gasteiger partial charge in [-0.05, 0) is 25.1 Å². The number of amides is 2. The largest absolute Gasteiger partial charge is 0.328 e. The fourth-order valence-corrected chi connectivity index (χ4v) is 2.73. The smallest absolute Gasteiger partial charge is 0.319 e. The summed E-state index contributed by atoms with van der Waals surface area (Å²) in [5, 5.41) is 10.3. The Labute approximate surface area is 163 Å². The number of nitrogens with one attached hydrogen (secondary N) is 2. The van der Waals surface area contributed by atoms with Crippen LogP contribution in [0.25, 0.3) is 5.95 Å². The lowest BCUT2D eigenvalue weighted by atomic mass is 10.3. The van der Waals surface area contributed by atoms with E-state index < -0.39 is 12.1 Å². The topological polar surface area (TPSA) is 97.6 Å². The molecule has 0 radical (unpaired) electrons. The molecule has 134 valence electrons. The molecule has 0 aliphatic rings. The van der Waals surface area contributed by atoms with Crippen molar-refractivity contribution in [3.8, 4) is 5.95 Å². The lowest BCUT2D eigenvalue weighted by Crippen LogP contribution is -2.32. The monoisotopic (exact) mass is 411 g/mol. The van der Waals surface area contributed by atoms with Crippen molar-refractivity contribution < 1.29 is 4.79 Å². The molecule has 1 aromatic carbocycles. The van der Waals surface area contributed by atoms with Crippen molar-refractivity contribution in [2.75, 3.05) is 5.32 Å². The first-order chi connectivity index (χ1) is 12.5.